The van der Waals surface area contributed by atoms with Gasteiger partial charge in [-0.1, -0.05) is 6.42 Å². The molecule has 1 aliphatic heterocycles. The van der Waals surface area contributed by atoms with Crippen LogP contribution in [0.2, 0.25) is 0 Å². The third-order valence-electron chi connectivity index (χ3n) is 2.94. The van der Waals surface area contributed by atoms with Crippen molar-refractivity contribution in [1.82, 2.24) is 4.90 Å². The molecule has 0 aromatic heterocycles. The Labute approximate surface area is 61.2 Å². The number of rotatable bonds is 0. The second-order valence-electron chi connectivity index (χ2n) is 3.78. The molecule has 56 valence electrons. The average Bonchev–Trinajstić information content (AvgIpc) is 2.08. The topological polar surface area (TPSA) is 20.3 Å². The summed E-state index contributed by atoms with van der Waals surface area (Å²) in [6.45, 7) is 1.02. The van der Waals surface area contributed by atoms with Gasteiger partial charge in [-0.2, -0.15) is 0 Å². The van der Waals surface area contributed by atoms with Crippen LogP contribution in [0, 0.1) is 5.41 Å². The molecule has 0 radical (unpaired) electrons. The van der Waals surface area contributed by atoms with Gasteiger partial charge >= 0.3 is 0 Å². The van der Waals surface area contributed by atoms with E-state index in [1.165, 1.54) is 19.3 Å². The monoisotopic (exact) mass is 139 g/mol. The lowest BCUT2D eigenvalue weighted by molar-refractivity contribution is -0.126. The first-order valence-corrected chi connectivity index (χ1v) is 3.96. The largest absolute Gasteiger partial charge is 0.345 e. The highest BCUT2D eigenvalue weighted by Crippen LogP contribution is 2.47. The summed E-state index contributed by atoms with van der Waals surface area (Å²) in [5.74, 6) is 0.347. The predicted octanol–water partition coefficient (Wildman–Crippen LogP) is 1.02. The van der Waals surface area contributed by atoms with Crippen LogP contribution >= 0.6 is 0 Å². The molecule has 0 aromatic carbocycles. The van der Waals surface area contributed by atoms with Crippen LogP contribution in [0.3, 0.4) is 0 Å². The minimum absolute atomic E-state index is 0.347. The van der Waals surface area contributed by atoms with Crippen molar-refractivity contribution >= 4 is 5.91 Å². The van der Waals surface area contributed by atoms with Gasteiger partial charge in [0, 0.05) is 20.0 Å². The molecular formula is C8H13NO. The Kier molecular flexibility index (Phi) is 1.08. The van der Waals surface area contributed by atoms with Gasteiger partial charge in [-0.15, -0.1) is 0 Å². The highest BCUT2D eigenvalue weighted by atomic mass is 16.2. The summed E-state index contributed by atoms with van der Waals surface area (Å²) in [6, 6.07) is 0. The van der Waals surface area contributed by atoms with Crippen LogP contribution in [0.25, 0.3) is 0 Å². The minimum Gasteiger partial charge on any atom is -0.345 e. The van der Waals surface area contributed by atoms with Gasteiger partial charge < -0.3 is 4.90 Å². The van der Waals surface area contributed by atoms with E-state index < -0.39 is 0 Å². The van der Waals surface area contributed by atoms with Crippen LogP contribution in [-0.4, -0.2) is 24.4 Å². The quantitative estimate of drug-likeness (QED) is 0.490. The second kappa shape index (κ2) is 1.74. The first-order chi connectivity index (χ1) is 4.72. The third-order valence-corrected chi connectivity index (χ3v) is 2.94. The zero-order chi connectivity index (χ0) is 7.19. The fourth-order valence-electron chi connectivity index (χ4n) is 2.11. The normalized spacial score (nSPS) is 29.3. The van der Waals surface area contributed by atoms with Crippen molar-refractivity contribution in [3.63, 3.8) is 0 Å². The Hall–Kier alpha value is -0.530. The van der Waals surface area contributed by atoms with Crippen LogP contribution in [0.4, 0.5) is 0 Å². The summed E-state index contributed by atoms with van der Waals surface area (Å²) in [5, 5.41) is 0. The molecule has 1 saturated heterocycles. The molecule has 2 nitrogen and oxygen atoms in total. The van der Waals surface area contributed by atoms with E-state index in [1.54, 1.807) is 0 Å². The molecule has 2 fully saturated rings. The Balaban J connectivity index is 2.10. The SMILES string of the molecule is CN1CC2(CCC2)CC1=O. The molecule has 2 rings (SSSR count). The van der Waals surface area contributed by atoms with Gasteiger partial charge in [0.15, 0.2) is 0 Å². The van der Waals surface area contributed by atoms with Gasteiger partial charge in [0.1, 0.15) is 0 Å². The highest BCUT2D eigenvalue weighted by molar-refractivity contribution is 5.79. The van der Waals surface area contributed by atoms with E-state index >= 15 is 0 Å². The van der Waals surface area contributed by atoms with Crippen molar-refractivity contribution in [3.05, 3.63) is 0 Å². The first-order valence-electron chi connectivity index (χ1n) is 3.96. The molecule has 0 bridgehead atoms. The van der Waals surface area contributed by atoms with Crippen molar-refractivity contribution in [1.29, 1.82) is 0 Å². The molecular weight excluding hydrogens is 126 g/mol. The Morgan fingerprint density at radius 2 is 2.20 bits per heavy atom. The zero-order valence-corrected chi connectivity index (χ0v) is 6.39. The maximum absolute atomic E-state index is 11.1. The molecule has 2 heteroatoms. The van der Waals surface area contributed by atoms with E-state index in [0.29, 0.717) is 11.3 Å². The average molecular weight is 139 g/mol. The van der Waals surface area contributed by atoms with Crippen molar-refractivity contribution in [3.8, 4) is 0 Å². The maximum atomic E-state index is 11.1. The van der Waals surface area contributed by atoms with Gasteiger partial charge in [-0.3, -0.25) is 4.79 Å². The fraction of sp³-hybridized carbons (Fsp3) is 0.875. The molecule has 0 atom stereocenters. The van der Waals surface area contributed by atoms with E-state index in [-0.39, 0.29) is 0 Å². The number of likely N-dealkylation sites (tertiary alicyclic amines) is 1. The molecule has 1 amide bonds. The van der Waals surface area contributed by atoms with Gasteiger partial charge in [0.05, 0.1) is 0 Å². The van der Waals surface area contributed by atoms with Crippen molar-refractivity contribution in [2.24, 2.45) is 5.41 Å². The molecule has 0 aromatic rings. The first kappa shape index (κ1) is 6.20. The van der Waals surface area contributed by atoms with E-state index in [1.807, 2.05) is 11.9 Å². The van der Waals surface area contributed by atoms with E-state index in [0.717, 1.165) is 13.0 Å². The van der Waals surface area contributed by atoms with Crippen LogP contribution < -0.4 is 0 Å². The molecule has 2 aliphatic rings. The maximum Gasteiger partial charge on any atom is 0.222 e. The van der Waals surface area contributed by atoms with Crippen molar-refractivity contribution < 1.29 is 4.79 Å². The van der Waals surface area contributed by atoms with Gasteiger partial charge in [0.25, 0.3) is 0 Å². The van der Waals surface area contributed by atoms with Crippen LogP contribution in [0.15, 0.2) is 0 Å². The van der Waals surface area contributed by atoms with Crippen LogP contribution in [-0.2, 0) is 4.79 Å². The van der Waals surface area contributed by atoms with Crippen LogP contribution in [0.1, 0.15) is 25.7 Å². The number of hydrogen-bond donors (Lipinski definition) is 0. The molecule has 1 saturated carbocycles. The molecule has 1 aliphatic carbocycles. The van der Waals surface area contributed by atoms with Crippen molar-refractivity contribution in [2.45, 2.75) is 25.7 Å². The minimum atomic E-state index is 0.347. The number of amides is 1. The highest BCUT2D eigenvalue weighted by Gasteiger charge is 2.45. The Bertz CT molecular complexity index is 172. The summed E-state index contributed by atoms with van der Waals surface area (Å²) in [5.41, 5.74) is 0.436. The van der Waals surface area contributed by atoms with Gasteiger partial charge in [-0.05, 0) is 18.3 Å². The predicted molar refractivity (Wildman–Crippen MR) is 38.5 cm³/mol. The van der Waals surface area contributed by atoms with Gasteiger partial charge in [0.2, 0.25) is 5.91 Å². The summed E-state index contributed by atoms with van der Waals surface area (Å²) in [4.78, 5) is 13.0. The molecule has 1 heterocycles. The Morgan fingerprint density at radius 3 is 2.40 bits per heavy atom. The fourth-order valence-corrected chi connectivity index (χ4v) is 2.11. The lowest BCUT2D eigenvalue weighted by Gasteiger charge is -2.36. The van der Waals surface area contributed by atoms with E-state index in [4.69, 9.17) is 0 Å². The summed E-state index contributed by atoms with van der Waals surface area (Å²) >= 11 is 0. The standard InChI is InChI=1S/C8H13NO/c1-9-6-8(3-2-4-8)5-7(9)10/h2-6H2,1H3. The van der Waals surface area contributed by atoms with Crippen LogP contribution in [0.5, 0.6) is 0 Å². The second-order valence-corrected chi connectivity index (χ2v) is 3.78. The molecule has 0 unspecified atom stereocenters. The lowest BCUT2D eigenvalue weighted by Crippen LogP contribution is -2.31. The zero-order valence-electron chi connectivity index (χ0n) is 6.39. The smallest absolute Gasteiger partial charge is 0.222 e. The van der Waals surface area contributed by atoms with E-state index in [9.17, 15) is 4.79 Å². The third kappa shape index (κ3) is 0.678. The molecule has 1 spiro atoms. The summed E-state index contributed by atoms with van der Waals surface area (Å²) in [6.07, 6.45) is 4.72. The molecule has 0 N–H and O–H groups in total. The number of carbonyl (C=O) groups excluding carboxylic acids is 1. The number of carbonyl (C=O) groups is 1. The molecule has 10 heavy (non-hydrogen) atoms. The Morgan fingerprint density at radius 1 is 1.50 bits per heavy atom. The number of nitrogens with zero attached hydrogens (tertiary/aromatic N) is 1. The lowest BCUT2D eigenvalue weighted by atomic mass is 9.68. The van der Waals surface area contributed by atoms with Gasteiger partial charge in [-0.25, -0.2) is 0 Å². The number of hydrogen-bond acceptors (Lipinski definition) is 1. The summed E-state index contributed by atoms with van der Waals surface area (Å²) in [7, 11) is 1.91. The summed E-state index contributed by atoms with van der Waals surface area (Å²) < 4.78 is 0. The van der Waals surface area contributed by atoms with Crippen molar-refractivity contribution in [2.75, 3.05) is 13.6 Å². The van der Waals surface area contributed by atoms with E-state index in [2.05, 4.69) is 0 Å².